The lowest BCUT2D eigenvalue weighted by molar-refractivity contribution is 0.0781. The SMILES string of the molecule is COc1ccc(C)cc1S(=O)(=O)N1CCN(CC(O)C2CC2)CC1. The maximum atomic E-state index is 12.9. The zero-order chi connectivity index (χ0) is 17.3. The van der Waals surface area contributed by atoms with Crippen LogP contribution in [0.15, 0.2) is 23.1 Å². The molecule has 7 heteroatoms. The second kappa shape index (κ2) is 7.00. The lowest BCUT2D eigenvalue weighted by Crippen LogP contribution is -2.50. The minimum absolute atomic E-state index is 0.233. The Labute approximate surface area is 144 Å². The van der Waals surface area contributed by atoms with E-state index < -0.39 is 10.0 Å². The molecule has 2 aliphatic rings. The summed E-state index contributed by atoms with van der Waals surface area (Å²) < 4.78 is 32.6. The molecule has 1 N–H and O–H groups in total. The highest BCUT2D eigenvalue weighted by molar-refractivity contribution is 7.89. The van der Waals surface area contributed by atoms with Crippen molar-refractivity contribution in [3.05, 3.63) is 23.8 Å². The van der Waals surface area contributed by atoms with Crippen molar-refractivity contribution in [2.24, 2.45) is 5.92 Å². The van der Waals surface area contributed by atoms with Gasteiger partial charge in [0, 0.05) is 32.7 Å². The van der Waals surface area contributed by atoms with E-state index in [1.165, 1.54) is 11.4 Å². The van der Waals surface area contributed by atoms with Gasteiger partial charge in [-0.2, -0.15) is 4.31 Å². The van der Waals surface area contributed by atoms with Crippen molar-refractivity contribution in [3.8, 4) is 5.75 Å². The Hall–Kier alpha value is -1.15. The summed E-state index contributed by atoms with van der Waals surface area (Å²) in [6, 6.07) is 5.21. The van der Waals surface area contributed by atoms with Crippen molar-refractivity contribution >= 4 is 10.0 Å². The molecule has 0 amide bonds. The van der Waals surface area contributed by atoms with Crippen molar-refractivity contribution < 1.29 is 18.3 Å². The Morgan fingerprint density at radius 3 is 2.50 bits per heavy atom. The van der Waals surface area contributed by atoms with Crippen LogP contribution in [0.1, 0.15) is 18.4 Å². The van der Waals surface area contributed by atoms with Gasteiger partial charge in [0.05, 0.1) is 13.2 Å². The van der Waals surface area contributed by atoms with E-state index in [-0.39, 0.29) is 11.0 Å². The summed E-state index contributed by atoms with van der Waals surface area (Å²) in [5.41, 5.74) is 0.889. The number of β-amino-alcohol motifs (C(OH)–C–C–N with tert-alkyl or cyclic N) is 1. The molecule has 3 rings (SSSR count). The average Bonchev–Trinajstić information content (AvgIpc) is 3.40. The quantitative estimate of drug-likeness (QED) is 0.828. The number of aliphatic hydroxyl groups excluding tert-OH is 1. The maximum Gasteiger partial charge on any atom is 0.246 e. The summed E-state index contributed by atoms with van der Waals surface area (Å²) in [6.07, 6.45) is 1.95. The summed E-state index contributed by atoms with van der Waals surface area (Å²) in [6.45, 7) is 4.70. The molecule has 0 aromatic heterocycles. The summed E-state index contributed by atoms with van der Waals surface area (Å²) in [5.74, 6) is 0.829. The van der Waals surface area contributed by atoms with Gasteiger partial charge in [0.15, 0.2) is 0 Å². The molecule has 0 radical (unpaired) electrons. The van der Waals surface area contributed by atoms with Crippen LogP contribution in [0.2, 0.25) is 0 Å². The third-order valence-electron chi connectivity index (χ3n) is 4.88. The molecule has 1 atom stereocenters. The third-order valence-corrected chi connectivity index (χ3v) is 6.80. The molecule has 1 aromatic carbocycles. The molecule has 1 unspecified atom stereocenters. The Balaban J connectivity index is 1.67. The molecule has 24 heavy (non-hydrogen) atoms. The molecule has 1 heterocycles. The van der Waals surface area contributed by atoms with E-state index in [9.17, 15) is 13.5 Å². The van der Waals surface area contributed by atoms with Gasteiger partial charge in [-0.05, 0) is 43.4 Å². The molecule has 6 nitrogen and oxygen atoms in total. The van der Waals surface area contributed by atoms with Gasteiger partial charge in [-0.15, -0.1) is 0 Å². The molecule has 134 valence electrons. The monoisotopic (exact) mass is 354 g/mol. The fourth-order valence-electron chi connectivity index (χ4n) is 3.17. The van der Waals surface area contributed by atoms with Crippen LogP contribution in [0.3, 0.4) is 0 Å². The minimum Gasteiger partial charge on any atom is -0.495 e. The van der Waals surface area contributed by atoms with E-state index >= 15 is 0 Å². The molecular weight excluding hydrogens is 328 g/mol. The maximum absolute atomic E-state index is 12.9. The van der Waals surface area contributed by atoms with Crippen LogP contribution in [0.25, 0.3) is 0 Å². The smallest absolute Gasteiger partial charge is 0.246 e. The van der Waals surface area contributed by atoms with E-state index in [0.29, 0.717) is 44.4 Å². The zero-order valence-electron chi connectivity index (χ0n) is 14.3. The van der Waals surface area contributed by atoms with Crippen LogP contribution in [-0.2, 0) is 10.0 Å². The summed E-state index contributed by atoms with van der Waals surface area (Å²) in [5, 5.41) is 10.1. The molecule has 2 fully saturated rings. The highest BCUT2D eigenvalue weighted by atomic mass is 32.2. The number of methoxy groups -OCH3 is 1. The first-order chi connectivity index (χ1) is 11.4. The van der Waals surface area contributed by atoms with Gasteiger partial charge in [0.1, 0.15) is 10.6 Å². The molecule has 0 bridgehead atoms. The van der Waals surface area contributed by atoms with E-state index in [2.05, 4.69) is 4.90 Å². The van der Waals surface area contributed by atoms with Crippen molar-refractivity contribution in [2.75, 3.05) is 39.8 Å². The van der Waals surface area contributed by atoms with Gasteiger partial charge < -0.3 is 9.84 Å². The number of aliphatic hydroxyl groups is 1. The van der Waals surface area contributed by atoms with Crippen molar-refractivity contribution in [2.45, 2.75) is 30.8 Å². The normalized spacial score (nSPS) is 21.6. The van der Waals surface area contributed by atoms with Gasteiger partial charge in [0.2, 0.25) is 10.0 Å². The second-order valence-electron chi connectivity index (χ2n) is 6.76. The molecular formula is C17H26N2O4S. The zero-order valence-corrected chi connectivity index (χ0v) is 15.1. The van der Waals surface area contributed by atoms with Gasteiger partial charge in [-0.25, -0.2) is 8.42 Å². The number of rotatable bonds is 6. The number of piperazine rings is 1. The van der Waals surface area contributed by atoms with Crippen molar-refractivity contribution in [1.29, 1.82) is 0 Å². The summed E-state index contributed by atoms with van der Waals surface area (Å²) in [7, 11) is -2.08. The number of benzene rings is 1. The van der Waals surface area contributed by atoms with E-state index in [1.54, 1.807) is 12.1 Å². The van der Waals surface area contributed by atoms with Crippen LogP contribution in [0.5, 0.6) is 5.75 Å². The van der Waals surface area contributed by atoms with Crippen LogP contribution >= 0.6 is 0 Å². The molecule has 1 saturated heterocycles. The fourth-order valence-corrected chi connectivity index (χ4v) is 4.83. The van der Waals surface area contributed by atoms with Crippen LogP contribution in [-0.4, -0.2) is 68.7 Å². The first kappa shape index (κ1) is 17.7. The average molecular weight is 354 g/mol. The van der Waals surface area contributed by atoms with Crippen LogP contribution in [0, 0.1) is 12.8 Å². The van der Waals surface area contributed by atoms with Crippen molar-refractivity contribution in [3.63, 3.8) is 0 Å². The highest BCUT2D eigenvalue weighted by Crippen LogP contribution is 2.33. The lowest BCUT2D eigenvalue weighted by atomic mass is 10.2. The standard InChI is InChI=1S/C17H26N2O4S/c1-13-3-6-16(23-2)17(11-13)24(21,22)19-9-7-18(8-10-19)12-15(20)14-4-5-14/h3,6,11,14-15,20H,4-5,7-10,12H2,1-2H3. The molecule has 1 aliphatic heterocycles. The highest BCUT2D eigenvalue weighted by Gasteiger charge is 2.34. The van der Waals surface area contributed by atoms with Gasteiger partial charge >= 0.3 is 0 Å². The fraction of sp³-hybridized carbons (Fsp3) is 0.647. The lowest BCUT2D eigenvalue weighted by Gasteiger charge is -2.35. The second-order valence-corrected chi connectivity index (χ2v) is 8.67. The predicted octanol–water partition coefficient (Wildman–Crippen LogP) is 1.08. The van der Waals surface area contributed by atoms with E-state index in [4.69, 9.17) is 4.74 Å². The number of nitrogens with zero attached hydrogens (tertiary/aromatic N) is 2. The topological polar surface area (TPSA) is 70.1 Å². The predicted molar refractivity (Wildman–Crippen MR) is 91.7 cm³/mol. The molecule has 1 aromatic rings. The number of hydrogen-bond donors (Lipinski definition) is 1. The van der Waals surface area contributed by atoms with Gasteiger partial charge in [-0.1, -0.05) is 6.07 Å². The van der Waals surface area contributed by atoms with Crippen LogP contribution < -0.4 is 4.74 Å². The largest absolute Gasteiger partial charge is 0.495 e. The number of sulfonamides is 1. The van der Waals surface area contributed by atoms with E-state index in [0.717, 1.165) is 18.4 Å². The van der Waals surface area contributed by atoms with Crippen molar-refractivity contribution in [1.82, 2.24) is 9.21 Å². The number of aryl methyl sites for hydroxylation is 1. The molecule has 1 aliphatic carbocycles. The molecule has 0 spiro atoms. The first-order valence-corrected chi connectivity index (χ1v) is 9.91. The summed E-state index contributed by atoms with van der Waals surface area (Å²) >= 11 is 0. The summed E-state index contributed by atoms with van der Waals surface area (Å²) in [4.78, 5) is 2.39. The van der Waals surface area contributed by atoms with Gasteiger partial charge in [-0.3, -0.25) is 4.90 Å². The Bertz CT molecular complexity index is 680. The third kappa shape index (κ3) is 3.74. The first-order valence-electron chi connectivity index (χ1n) is 8.47. The van der Waals surface area contributed by atoms with Gasteiger partial charge in [0.25, 0.3) is 0 Å². The Morgan fingerprint density at radius 2 is 1.92 bits per heavy atom. The number of hydrogen-bond acceptors (Lipinski definition) is 5. The number of ether oxygens (including phenoxy) is 1. The Kier molecular flexibility index (Phi) is 5.15. The minimum atomic E-state index is -3.56. The Morgan fingerprint density at radius 1 is 1.25 bits per heavy atom. The van der Waals surface area contributed by atoms with Crippen LogP contribution in [0.4, 0.5) is 0 Å². The van der Waals surface area contributed by atoms with E-state index in [1.807, 2.05) is 13.0 Å². The molecule has 1 saturated carbocycles.